The van der Waals surface area contributed by atoms with Crippen molar-refractivity contribution >= 4 is 40.2 Å². The van der Waals surface area contributed by atoms with Crippen LogP contribution in [0.25, 0.3) is 11.3 Å². The summed E-state index contributed by atoms with van der Waals surface area (Å²) in [7, 11) is 0. The van der Waals surface area contributed by atoms with Crippen molar-refractivity contribution in [1.82, 2.24) is 4.57 Å². The number of esters is 1. The van der Waals surface area contributed by atoms with Gasteiger partial charge in [-0.3, -0.25) is 14.2 Å². The zero-order chi connectivity index (χ0) is 28.5. The van der Waals surface area contributed by atoms with Crippen LogP contribution < -0.4 is 19.8 Å². The molecule has 2 aliphatic rings. The summed E-state index contributed by atoms with van der Waals surface area (Å²) in [5.41, 5.74) is 3.81. The first kappa shape index (κ1) is 26.7. The number of unbranched alkanes of at least 4 members (excludes halogenated alkanes) is 1. The number of anilines is 1. The summed E-state index contributed by atoms with van der Waals surface area (Å²) in [5.74, 6) is -0.719. The Labute approximate surface area is 241 Å². The van der Waals surface area contributed by atoms with Gasteiger partial charge in [-0.15, -0.1) is 0 Å². The molecule has 0 spiro atoms. The van der Waals surface area contributed by atoms with Gasteiger partial charge in [0, 0.05) is 17.7 Å². The number of hydrogen-bond acceptors (Lipinski definition) is 6. The van der Waals surface area contributed by atoms with Crippen LogP contribution in [-0.4, -0.2) is 29.6 Å². The van der Waals surface area contributed by atoms with Crippen molar-refractivity contribution in [1.29, 1.82) is 0 Å². The highest BCUT2D eigenvalue weighted by molar-refractivity contribution is 7.07. The molecule has 1 amide bonds. The molecule has 0 bridgehead atoms. The summed E-state index contributed by atoms with van der Waals surface area (Å²) >= 11 is 1.19. The number of aromatic nitrogens is 1. The number of nitrogens with zero attached hydrogens (tertiary/aromatic N) is 3. The normalized spacial score (nSPS) is 17.3. The first-order chi connectivity index (χ1) is 20.0. The SMILES string of the molecule is CCCCN1C(=O)/C(=c2/sc3n(c2=O)[C@@H](c2ccccc2)C(C(=O)OCC)=C(c2ccccc2)N=3)c2ccccc21. The zero-order valence-corrected chi connectivity index (χ0v) is 23.7. The molecule has 3 heterocycles. The average molecular weight is 564 g/mol. The van der Waals surface area contributed by atoms with Crippen molar-refractivity contribution < 1.29 is 14.3 Å². The lowest BCUT2D eigenvalue weighted by atomic mass is 9.93. The molecule has 0 aliphatic carbocycles. The van der Waals surface area contributed by atoms with Crippen molar-refractivity contribution in [3.05, 3.63) is 127 Å². The van der Waals surface area contributed by atoms with Gasteiger partial charge in [-0.05, 0) is 25.0 Å². The van der Waals surface area contributed by atoms with Crippen molar-refractivity contribution in [2.45, 2.75) is 32.7 Å². The highest BCUT2D eigenvalue weighted by Gasteiger charge is 2.38. The number of carbonyl (C=O) groups excluding carboxylic acids is 2. The third-order valence-electron chi connectivity index (χ3n) is 7.35. The topological polar surface area (TPSA) is 81.0 Å². The van der Waals surface area contributed by atoms with Crippen LogP contribution >= 0.6 is 11.3 Å². The van der Waals surface area contributed by atoms with Crippen molar-refractivity contribution in [3.63, 3.8) is 0 Å². The minimum absolute atomic E-state index is 0.180. The lowest BCUT2D eigenvalue weighted by molar-refractivity contribution is -0.138. The van der Waals surface area contributed by atoms with E-state index >= 15 is 0 Å². The Bertz CT molecular complexity index is 1860. The van der Waals surface area contributed by atoms with Gasteiger partial charge in [0.25, 0.3) is 11.5 Å². The van der Waals surface area contributed by atoms with Crippen LogP contribution in [-0.2, 0) is 14.3 Å². The number of thiazole rings is 1. The Hall–Kier alpha value is -4.56. The maximum atomic E-state index is 14.4. The molecule has 4 aromatic rings. The fourth-order valence-electron chi connectivity index (χ4n) is 5.48. The predicted octanol–water partition coefficient (Wildman–Crippen LogP) is 4.45. The molecule has 1 aromatic heterocycles. The Morgan fingerprint density at radius 3 is 2.32 bits per heavy atom. The fraction of sp³-hybridized carbons (Fsp3) is 0.212. The molecular weight excluding hydrogens is 534 g/mol. The van der Waals surface area contributed by atoms with E-state index in [0.717, 1.165) is 35.2 Å². The molecule has 6 rings (SSSR count). The molecular formula is C33H29N3O4S. The molecule has 3 aromatic carbocycles. The Kier molecular flexibility index (Phi) is 7.24. The second-order valence-electron chi connectivity index (χ2n) is 9.87. The van der Waals surface area contributed by atoms with Crippen molar-refractivity contribution in [2.75, 3.05) is 18.1 Å². The highest BCUT2D eigenvalue weighted by atomic mass is 32.1. The maximum Gasteiger partial charge on any atom is 0.338 e. The second kappa shape index (κ2) is 11.1. The van der Waals surface area contributed by atoms with E-state index in [1.165, 1.54) is 11.3 Å². The predicted molar refractivity (Wildman–Crippen MR) is 160 cm³/mol. The van der Waals surface area contributed by atoms with Crippen LogP contribution in [0.4, 0.5) is 5.69 Å². The van der Waals surface area contributed by atoms with E-state index in [9.17, 15) is 14.4 Å². The highest BCUT2D eigenvalue weighted by Crippen LogP contribution is 2.37. The average Bonchev–Trinajstić information content (AvgIpc) is 3.48. The lowest BCUT2D eigenvalue weighted by Gasteiger charge is -2.25. The van der Waals surface area contributed by atoms with Gasteiger partial charge in [0.1, 0.15) is 4.53 Å². The Morgan fingerprint density at radius 1 is 0.927 bits per heavy atom. The molecule has 0 N–H and O–H groups in total. The number of ether oxygens (including phenoxy) is 1. The minimum atomic E-state index is -0.779. The van der Waals surface area contributed by atoms with Gasteiger partial charge in [0.15, 0.2) is 4.80 Å². The van der Waals surface area contributed by atoms with Gasteiger partial charge in [0.05, 0.1) is 35.2 Å². The van der Waals surface area contributed by atoms with Crippen LogP contribution in [0.2, 0.25) is 0 Å². The van der Waals surface area contributed by atoms with Crippen LogP contribution in [0.15, 0.2) is 100 Å². The second-order valence-corrected chi connectivity index (χ2v) is 10.8. The summed E-state index contributed by atoms with van der Waals surface area (Å²) in [6, 6.07) is 25.7. The van der Waals surface area contributed by atoms with Gasteiger partial charge in [-0.25, -0.2) is 9.79 Å². The number of carbonyl (C=O) groups is 2. The number of hydrogen-bond donors (Lipinski definition) is 0. The van der Waals surface area contributed by atoms with E-state index in [-0.39, 0.29) is 23.6 Å². The Balaban J connectivity index is 1.68. The fourth-order valence-corrected chi connectivity index (χ4v) is 6.57. The number of rotatable bonds is 7. The zero-order valence-electron chi connectivity index (χ0n) is 22.9. The smallest absolute Gasteiger partial charge is 0.338 e. The molecule has 206 valence electrons. The summed E-state index contributed by atoms with van der Waals surface area (Å²) < 4.78 is 7.39. The first-order valence-corrected chi connectivity index (χ1v) is 14.6. The number of para-hydroxylation sites is 1. The van der Waals surface area contributed by atoms with E-state index in [4.69, 9.17) is 9.73 Å². The first-order valence-electron chi connectivity index (χ1n) is 13.8. The van der Waals surface area contributed by atoms with E-state index < -0.39 is 12.0 Å². The summed E-state index contributed by atoms with van der Waals surface area (Å²) in [6.07, 6.45) is 1.80. The van der Waals surface area contributed by atoms with Gasteiger partial charge in [0.2, 0.25) is 0 Å². The largest absolute Gasteiger partial charge is 0.463 e. The van der Waals surface area contributed by atoms with Gasteiger partial charge in [-0.2, -0.15) is 0 Å². The third kappa shape index (κ3) is 4.54. The maximum absolute atomic E-state index is 14.4. The lowest BCUT2D eigenvalue weighted by Crippen LogP contribution is -2.41. The number of benzene rings is 3. The van der Waals surface area contributed by atoms with Crippen LogP contribution in [0.5, 0.6) is 0 Å². The number of fused-ring (bicyclic) bond motifs is 2. The van der Waals surface area contributed by atoms with Gasteiger partial charge < -0.3 is 9.64 Å². The minimum Gasteiger partial charge on any atom is -0.463 e. The van der Waals surface area contributed by atoms with Crippen LogP contribution in [0.3, 0.4) is 0 Å². The molecule has 8 heteroatoms. The van der Waals surface area contributed by atoms with Gasteiger partial charge in [-0.1, -0.05) is 104 Å². The molecule has 41 heavy (non-hydrogen) atoms. The molecule has 2 aliphatic heterocycles. The quantitative estimate of drug-likeness (QED) is 0.311. The summed E-state index contributed by atoms with van der Waals surface area (Å²) in [6.45, 7) is 4.59. The summed E-state index contributed by atoms with van der Waals surface area (Å²) in [5, 5.41) is 0. The van der Waals surface area contributed by atoms with Crippen LogP contribution in [0, 0.1) is 0 Å². The molecule has 0 saturated heterocycles. The van der Waals surface area contributed by atoms with Crippen molar-refractivity contribution in [3.8, 4) is 0 Å². The summed E-state index contributed by atoms with van der Waals surface area (Å²) in [4.78, 5) is 48.9. The van der Waals surface area contributed by atoms with Crippen molar-refractivity contribution in [2.24, 2.45) is 4.99 Å². The van der Waals surface area contributed by atoms with E-state index in [1.807, 2.05) is 84.9 Å². The molecule has 0 saturated carbocycles. The molecule has 0 fully saturated rings. The molecule has 7 nitrogen and oxygen atoms in total. The van der Waals surface area contributed by atoms with Gasteiger partial charge >= 0.3 is 5.97 Å². The molecule has 1 atom stereocenters. The standard InChI is InChI=1S/C33H29N3O4S/c1-3-5-20-35-24-19-13-12-18-23(24)25(30(35)37)29-31(38)36-28(22-16-10-7-11-17-22)26(32(39)40-4-2)27(34-33(36)41-29)21-14-8-6-9-15-21/h6-19,28H,3-5,20H2,1-2H3/b29-25+/t28-/m0/s1. The third-order valence-corrected chi connectivity index (χ3v) is 8.40. The van der Waals surface area contributed by atoms with E-state index in [0.29, 0.717) is 27.1 Å². The molecule has 0 unspecified atom stereocenters. The van der Waals surface area contributed by atoms with Crippen LogP contribution in [0.1, 0.15) is 49.4 Å². The van der Waals surface area contributed by atoms with E-state index in [2.05, 4.69) is 6.92 Å². The monoisotopic (exact) mass is 563 g/mol. The van der Waals surface area contributed by atoms with E-state index in [1.54, 1.807) is 16.4 Å². The molecule has 0 radical (unpaired) electrons. The Morgan fingerprint density at radius 2 is 1.61 bits per heavy atom. The number of amides is 1.